The minimum absolute atomic E-state index is 0.0549. The first-order valence-electron chi connectivity index (χ1n) is 8.90. The van der Waals surface area contributed by atoms with Gasteiger partial charge < -0.3 is 20.3 Å². The number of hydrogen-bond acceptors (Lipinski definition) is 4. The smallest absolute Gasteiger partial charge is 0.198 e. The third-order valence-corrected chi connectivity index (χ3v) is 4.39. The van der Waals surface area contributed by atoms with Crippen LogP contribution in [0.15, 0.2) is 41.4 Å². The summed E-state index contributed by atoms with van der Waals surface area (Å²) in [4.78, 5) is 9.33. The van der Waals surface area contributed by atoms with Crippen molar-refractivity contribution in [3.8, 4) is 5.88 Å². The van der Waals surface area contributed by atoms with Gasteiger partial charge in [-0.3, -0.25) is 4.99 Å². The van der Waals surface area contributed by atoms with Crippen molar-refractivity contribution in [3.05, 3.63) is 53.3 Å². The topological polar surface area (TPSA) is 63.6 Å². The van der Waals surface area contributed by atoms with Crippen LogP contribution in [0.2, 0.25) is 0 Å². The lowest BCUT2D eigenvalue weighted by Gasteiger charge is -2.19. The van der Waals surface area contributed by atoms with Gasteiger partial charge in [-0.05, 0) is 51.7 Å². The monoisotopic (exact) mass is 368 g/mol. The number of aryl methyl sites for hydroxylation is 1. The summed E-state index contributed by atoms with van der Waals surface area (Å²) in [5.41, 5.74) is 3.42. The van der Waals surface area contributed by atoms with E-state index in [4.69, 9.17) is 0 Å². The lowest BCUT2D eigenvalue weighted by atomic mass is 10.1. The second kappa shape index (κ2) is 7.80. The first-order chi connectivity index (χ1) is 12.8. The van der Waals surface area contributed by atoms with Crippen molar-refractivity contribution in [1.82, 2.24) is 9.88 Å². The number of hydrogen-bond donors (Lipinski definition) is 3. The van der Waals surface area contributed by atoms with E-state index in [1.165, 1.54) is 6.07 Å². The highest BCUT2D eigenvalue weighted by atomic mass is 19.1. The van der Waals surface area contributed by atoms with Gasteiger partial charge in [0.05, 0.1) is 16.9 Å². The van der Waals surface area contributed by atoms with Crippen LogP contribution in [0.25, 0.3) is 10.9 Å². The first-order valence-corrected chi connectivity index (χ1v) is 8.90. The molecule has 5 nitrogen and oxygen atoms in total. The number of halogens is 1. The highest BCUT2D eigenvalue weighted by molar-refractivity contribution is 6.04. The van der Waals surface area contributed by atoms with Crippen LogP contribution in [0, 0.1) is 12.7 Å². The molecule has 0 saturated heterocycles. The van der Waals surface area contributed by atoms with Gasteiger partial charge in [0.1, 0.15) is 5.82 Å². The van der Waals surface area contributed by atoms with Crippen LogP contribution in [0.4, 0.5) is 15.8 Å². The Morgan fingerprint density at radius 2 is 2.07 bits per heavy atom. The molecule has 2 aromatic carbocycles. The lowest BCUT2D eigenvalue weighted by molar-refractivity contribution is 0.391. The van der Waals surface area contributed by atoms with Crippen LogP contribution in [-0.2, 0) is 0 Å². The maximum Gasteiger partial charge on any atom is 0.198 e. The van der Waals surface area contributed by atoms with Gasteiger partial charge in [0.2, 0.25) is 0 Å². The number of anilines is 1. The minimum atomic E-state index is -0.352. The average Bonchev–Trinajstić information content (AvgIpc) is 2.91. The number of nitrogens with one attached hydrogen (secondary N) is 2. The molecule has 0 radical (unpaired) electrons. The highest BCUT2D eigenvalue weighted by Gasteiger charge is 2.11. The molecule has 6 heteroatoms. The summed E-state index contributed by atoms with van der Waals surface area (Å²) in [5.74, 6) is -0.297. The van der Waals surface area contributed by atoms with E-state index in [2.05, 4.69) is 15.3 Å². The molecule has 0 aliphatic rings. The van der Waals surface area contributed by atoms with E-state index in [0.717, 1.165) is 23.0 Å². The van der Waals surface area contributed by atoms with E-state index in [9.17, 15) is 9.50 Å². The Labute approximate surface area is 158 Å². The molecule has 0 bridgehead atoms. The fraction of sp³-hybridized carbons (Fsp3) is 0.286. The second-order valence-corrected chi connectivity index (χ2v) is 7.11. The summed E-state index contributed by atoms with van der Waals surface area (Å²) in [5, 5.41) is 14.2. The van der Waals surface area contributed by atoms with Gasteiger partial charge in [0, 0.05) is 35.8 Å². The van der Waals surface area contributed by atoms with Crippen LogP contribution >= 0.6 is 0 Å². The van der Waals surface area contributed by atoms with Gasteiger partial charge >= 0.3 is 0 Å². The number of H-pyrrole nitrogens is 1. The summed E-state index contributed by atoms with van der Waals surface area (Å²) in [7, 11) is 3.96. The Bertz CT molecular complexity index is 978. The van der Waals surface area contributed by atoms with Crippen molar-refractivity contribution in [2.24, 2.45) is 4.99 Å². The summed E-state index contributed by atoms with van der Waals surface area (Å²) in [6.07, 6.45) is 1.57. The third kappa shape index (κ3) is 4.28. The second-order valence-electron chi connectivity index (χ2n) is 7.11. The Morgan fingerprint density at radius 1 is 1.30 bits per heavy atom. The molecule has 3 aromatic rings. The van der Waals surface area contributed by atoms with Crippen molar-refractivity contribution in [3.63, 3.8) is 0 Å². The molecule has 0 aliphatic carbocycles. The number of benzene rings is 2. The number of aromatic nitrogens is 1. The van der Waals surface area contributed by atoms with E-state index in [-0.39, 0.29) is 17.7 Å². The molecule has 0 aliphatic heterocycles. The molecule has 27 heavy (non-hydrogen) atoms. The fourth-order valence-corrected chi connectivity index (χ4v) is 3.27. The molecule has 0 amide bonds. The van der Waals surface area contributed by atoms with E-state index in [0.29, 0.717) is 16.9 Å². The molecule has 3 N–H and O–H groups in total. The Morgan fingerprint density at radius 3 is 2.78 bits per heavy atom. The Balaban J connectivity index is 1.83. The van der Waals surface area contributed by atoms with Crippen molar-refractivity contribution in [1.29, 1.82) is 0 Å². The molecule has 0 fully saturated rings. The Hall–Kier alpha value is -2.86. The molecule has 0 spiro atoms. The summed E-state index contributed by atoms with van der Waals surface area (Å²) < 4.78 is 14.4. The number of aromatic amines is 1. The molecule has 0 saturated carbocycles. The number of fused-ring (bicyclic) bond motifs is 1. The number of aliphatic imine (C=N–C) groups is 1. The zero-order valence-corrected chi connectivity index (χ0v) is 16.0. The van der Waals surface area contributed by atoms with Gasteiger partial charge in [-0.25, -0.2) is 4.39 Å². The van der Waals surface area contributed by atoms with Gasteiger partial charge in [-0.2, -0.15) is 0 Å². The van der Waals surface area contributed by atoms with Gasteiger partial charge in [-0.1, -0.05) is 12.1 Å². The third-order valence-electron chi connectivity index (χ3n) is 4.39. The maximum atomic E-state index is 14.4. The van der Waals surface area contributed by atoms with Crippen LogP contribution in [-0.4, -0.2) is 47.9 Å². The lowest BCUT2D eigenvalue weighted by Crippen LogP contribution is -2.29. The van der Waals surface area contributed by atoms with Crippen molar-refractivity contribution < 1.29 is 9.50 Å². The number of likely N-dealkylation sites (N-methyl/N-ethyl adjacent to an activating group) is 1. The molecule has 3 rings (SSSR count). The van der Waals surface area contributed by atoms with Crippen LogP contribution in [0.3, 0.4) is 0 Å². The molecule has 1 heterocycles. The van der Waals surface area contributed by atoms with Crippen LogP contribution in [0.1, 0.15) is 18.1 Å². The molecule has 1 aromatic heterocycles. The zero-order chi connectivity index (χ0) is 19.6. The molecule has 1 atom stereocenters. The van der Waals surface area contributed by atoms with E-state index < -0.39 is 0 Å². The minimum Gasteiger partial charge on any atom is -0.494 e. The molecular weight excluding hydrogens is 343 g/mol. The maximum absolute atomic E-state index is 14.4. The summed E-state index contributed by atoms with van der Waals surface area (Å²) in [6, 6.07) is 10.7. The van der Waals surface area contributed by atoms with Crippen molar-refractivity contribution in [2.75, 3.05) is 26.0 Å². The van der Waals surface area contributed by atoms with Crippen molar-refractivity contribution >= 4 is 28.5 Å². The standard InChI is InChI=1S/C21H25FN4O/c1-13-6-5-7-19-20(13)16(21(27)25-19)11-23-15-8-9-18(17(22)10-15)24-14(2)12-26(3)4/h5-11,14,24-25,27H,12H2,1-4H3. The van der Waals surface area contributed by atoms with Crippen LogP contribution in [0.5, 0.6) is 5.88 Å². The normalized spacial score (nSPS) is 13.0. The van der Waals surface area contributed by atoms with Gasteiger partial charge in [-0.15, -0.1) is 0 Å². The molecule has 1 unspecified atom stereocenters. The van der Waals surface area contributed by atoms with E-state index >= 15 is 0 Å². The van der Waals surface area contributed by atoms with Gasteiger partial charge in [0.25, 0.3) is 0 Å². The summed E-state index contributed by atoms with van der Waals surface area (Å²) in [6.45, 7) is 4.79. The largest absolute Gasteiger partial charge is 0.494 e. The molecule has 142 valence electrons. The van der Waals surface area contributed by atoms with Crippen LogP contribution < -0.4 is 5.32 Å². The first kappa shape index (κ1) is 18.9. The van der Waals surface area contributed by atoms with Crippen molar-refractivity contribution in [2.45, 2.75) is 19.9 Å². The SMILES string of the molecule is Cc1cccc2[nH]c(O)c(C=Nc3ccc(NC(C)CN(C)C)c(F)c3)c12. The van der Waals surface area contributed by atoms with E-state index in [1.807, 2.05) is 51.0 Å². The van der Waals surface area contributed by atoms with E-state index in [1.54, 1.807) is 18.3 Å². The summed E-state index contributed by atoms with van der Waals surface area (Å²) >= 11 is 0. The molecular formula is C21H25FN4O. The zero-order valence-electron chi connectivity index (χ0n) is 16.0. The average molecular weight is 368 g/mol. The number of nitrogens with zero attached hydrogens (tertiary/aromatic N) is 2. The number of rotatable bonds is 6. The van der Waals surface area contributed by atoms with Gasteiger partial charge in [0.15, 0.2) is 5.88 Å². The Kier molecular flexibility index (Phi) is 5.46. The number of aromatic hydroxyl groups is 1. The predicted octanol–water partition coefficient (Wildman–Crippen LogP) is 4.43. The predicted molar refractivity (Wildman–Crippen MR) is 110 cm³/mol. The highest BCUT2D eigenvalue weighted by Crippen LogP contribution is 2.29. The quantitative estimate of drug-likeness (QED) is 0.564. The fourth-order valence-electron chi connectivity index (χ4n) is 3.27.